The van der Waals surface area contributed by atoms with Crippen molar-refractivity contribution in [3.8, 4) is 5.75 Å². The van der Waals surface area contributed by atoms with Crippen molar-refractivity contribution in [2.24, 2.45) is 0 Å². The zero-order valence-corrected chi connectivity index (χ0v) is 8.27. The molecule has 0 unspecified atom stereocenters. The number of rotatable bonds is 4. The molecule has 1 rings (SSSR count). The van der Waals surface area contributed by atoms with Gasteiger partial charge in [0.25, 0.3) is 0 Å². The molecule has 1 aromatic heterocycles. The van der Waals surface area contributed by atoms with Gasteiger partial charge in [-0.05, 0) is 19.1 Å². The molecule has 0 amide bonds. The minimum absolute atomic E-state index is 0.106. The van der Waals surface area contributed by atoms with Gasteiger partial charge in [0, 0.05) is 6.20 Å². The summed E-state index contributed by atoms with van der Waals surface area (Å²) in [4.78, 5) is 26.1. The SMILES string of the molecule is CCOC(=O)CC(=O)c1ncccc1O. The van der Waals surface area contributed by atoms with Gasteiger partial charge in [0.2, 0.25) is 0 Å². The maximum atomic E-state index is 11.4. The predicted octanol–water partition coefficient (Wildman–Crippen LogP) is 0.923. The number of hydrogen-bond acceptors (Lipinski definition) is 5. The van der Waals surface area contributed by atoms with Crippen LogP contribution in [0.25, 0.3) is 0 Å². The van der Waals surface area contributed by atoms with Crippen LogP contribution in [0.2, 0.25) is 0 Å². The summed E-state index contributed by atoms with van der Waals surface area (Å²) in [6.45, 7) is 1.88. The zero-order valence-electron chi connectivity index (χ0n) is 8.27. The molecular weight excluding hydrogens is 198 g/mol. The lowest BCUT2D eigenvalue weighted by molar-refractivity contribution is -0.141. The van der Waals surface area contributed by atoms with Crippen molar-refractivity contribution >= 4 is 11.8 Å². The molecule has 0 aliphatic carbocycles. The number of aromatic nitrogens is 1. The summed E-state index contributed by atoms with van der Waals surface area (Å²) in [6, 6.07) is 2.84. The predicted molar refractivity (Wildman–Crippen MR) is 51.5 cm³/mol. The lowest BCUT2D eigenvalue weighted by Crippen LogP contribution is -2.12. The van der Waals surface area contributed by atoms with Crippen LogP contribution >= 0.6 is 0 Å². The largest absolute Gasteiger partial charge is 0.506 e. The monoisotopic (exact) mass is 209 g/mol. The summed E-state index contributed by atoms with van der Waals surface area (Å²) in [5, 5.41) is 9.29. The topological polar surface area (TPSA) is 76.5 Å². The standard InChI is InChI=1S/C10H11NO4/c1-2-15-9(14)6-8(13)10-7(12)4-3-5-11-10/h3-5,12H,2,6H2,1H3. The quantitative estimate of drug-likeness (QED) is 0.453. The highest BCUT2D eigenvalue weighted by Gasteiger charge is 2.16. The fourth-order valence-corrected chi connectivity index (χ4v) is 1.04. The van der Waals surface area contributed by atoms with Gasteiger partial charge in [-0.25, -0.2) is 4.98 Å². The number of ketones is 1. The zero-order chi connectivity index (χ0) is 11.3. The summed E-state index contributed by atoms with van der Waals surface area (Å²) in [5.41, 5.74) is -0.106. The Bertz CT molecular complexity index is 375. The summed E-state index contributed by atoms with van der Waals surface area (Å²) in [5.74, 6) is -1.40. The maximum absolute atomic E-state index is 11.4. The molecule has 80 valence electrons. The first-order valence-corrected chi connectivity index (χ1v) is 4.48. The number of nitrogens with zero attached hydrogens (tertiary/aromatic N) is 1. The Labute approximate surface area is 86.7 Å². The van der Waals surface area contributed by atoms with Crippen LogP contribution < -0.4 is 0 Å². The molecule has 0 atom stereocenters. The average Bonchev–Trinajstić information content (AvgIpc) is 2.18. The summed E-state index contributed by atoms with van der Waals surface area (Å²) >= 11 is 0. The Hall–Kier alpha value is -1.91. The van der Waals surface area contributed by atoms with Gasteiger partial charge in [0.05, 0.1) is 6.61 Å². The van der Waals surface area contributed by atoms with Gasteiger partial charge < -0.3 is 9.84 Å². The van der Waals surface area contributed by atoms with E-state index >= 15 is 0 Å². The summed E-state index contributed by atoms with van der Waals surface area (Å²) in [6.07, 6.45) is 0.969. The molecule has 0 spiro atoms. The molecule has 1 aromatic rings. The number of carbonyl (C=O) groups is 2. The van der Waals surface area contributed by atoms with E-state index in [1.165, 1.54) is 18.3 Å². The van der Waals surface area contributed by atoms with Gasteiger partial charge in [0.15, 0.2) is 5.78 Å². The summed E-state index contributed by atoms with van der Waals surface area (Å²) < 4.78 is 4.60. The minimum atomic E-state index is -0.618. The Balaban J connectivity index is 2.70. The van der Waals surface area contributed by atoms with Crippen molar-refractivity contribution in [2.75, 3.05) is 6.61 Å². The number of aromatic hydroxyl groups is 1. The van der Waals surface area contributed by atoms with E-state index in [4.69, 9.17) is 0 Å². The van der Waals surface area contributed by atoms with E-state index in [-0.39, 0.29) is 18.1 Å². The van der Waals surface area contributed by atoms with Gasteiger partial charge in [-0.1, -0.05) is 0 Å². The Morgan fingerprint density at radius 2 is 2.27 bits per heavy atom. The second-order valence-corrected chi connectivity index (χ2v) is 2.78. The normalized spacial score (nSPS) is 9.67. The lowest BCUT2D eigenvalue weighted by atomic mass is 10.2. The molecule has 0 saturated heterocycles. The van der Waals surface area contributed by atoms with Crippen molar-refractivity contribution in [1.82, 2.24) is 4.98 Å². The number of carbonyl (C=O) groups excluding carboxylic acids is 2. The van der Waals surface area contributed by atoms with E-state index in [0.717, 1.165) is 0 Å². The van der Waals surface area contributed by atoms with Crippen LogP contribution in [0.4, 0.5) is 0 Å². The molecule has 5 heteroatoms. The van der Waals surface area contributed by atoms with Crippen LogP contribution in [0.5, 0.6) is 5.75 Å². The molecule has 1 heterocycles. The molecule has 0 saturated carbocycles. The third-order valence-corrected chi connectivity index (χ3v) is 1.66. The Morgan fingerprint density at radius 3 is 2.87 bits per heavy atom. The molecule has 0 radical (unpaired) electrons. The molecule has 1 N–H and O–H groups in total. The number of esters is 1. The van der Waals surface area contributed by atoms with E-state index in [1.807, 2.05) is 0 Å². The third kappa shape index (κ3) is 3.05. The maximum Gasteiger partial charge on any atom is 0.313 e. The van der Waals surface area contributed by atoms with Crippen molar-refractivity contribution in [1.29, 1.82) is 0 Å². The van der Waals surface area contributed by atoms with Gasteiger partial charge >= 0.3 is 5.97 Å². The second kappa shape index (κ2) is 5.09. The van der Waals surface area contributed by atoms with Crippen molar-refractivity contribution in [3.63, 3.8) is 0 Å². The Kier molecular flexibility index (Phi) is 3.79. The highest BCUT2D eigenvalue weighted by molar-refractivity contribution is 6.06. The van der Waals surface area contributed by atoms with E-state index < -0.39 is 18.2 Å². The minimum Gasteiger partial charge on any atom is -0.506 e. The average molecular weight is 209 g/mol. The smallest absolute Gasteiger partial charge is 0.313 e. The van der Waals surface area contributed by atoms with Crippen LogP contribution in [-0.4, -0.2) is 28.4 Å². The molecule has 0 aromatic carbocycles. The number of Topliss-reactive ketones (excluding diaryl/α,β-unsaturated/α-hetero) is 1. The third-order valence-electron chi connectivity index (χ3n) is 1.66. The molecule has 0 aliphatic rings. The van der Waals surface area contributed by atoms with Gasteiger partial charge in [0.1, 0.15) is 17.9 Å². The van der Waals surface area contributed by atoms with Crippen LogP contribution in [0.3, 0.4) is 0 Å². The number of pyridine rings is 1. The summed E-state index contributed by atoms with van der Waals surface area (Å²) in [7, 11) is 0. The highest BCUT2D eigenvalue weighted by atomic mass is 16.5. The van der Waals surface area contributed by atoms with E-state index in [2.05, 4.69) is 9.72 Å². The fourth-order valence-electron chi connectivity index (χ4n) is 1.04. The van der Waals surface area contributed by atoms with Crippen molar-refractivity contribution in [3.05, 3.63) is 24.0 Å². The van der Waals surface area contributed by atoms with E-state index in [1.54, 1.807) is 6.92 Å². The molecule has 0 fully saturated rings. The molecule has 0 bridgehead atoms. The first kappa shape index (κ1) is 11.2. The number of hydrogen-bond donors (Lipinski definition) is 1. The van der Waals surface area contributed by atoms with Gasteiger partial charge in [-0.15, -0.1) is 0 Å². The first-order valence-electron chi connectivity index (χ1n) is 4.48. The van der Waals surface area contributed by atoms with Crippen LogP contribution in [0, 0.1) is 0 Å². The van der Waals surface area contributed by atoms with Gasteiger partial charge in [-0.2, -0.15) is 0 Å². The second-order valence-electron chi connectivity index (χ2n) is 2.78. The lowest BCUT2D eigenvalue weighted by Gasteiger charge is -2.02. The molecular formula is C10H11NO4. The number of ether oxygens (including phenoxy) is 1. The van der Waals surface area contributed by atoms with Crippen LogP contribution in [-0.2, 0) is 9.53 Å². The van der Waals surface area contributed by atoms with Crippen LogP contribution in [0.15, 0.2) is 18.3 Å². The molecule has 15 heavy (non-hydrogen) atoms. The first-order chi connectivity index (χ1) is 7.15. The van der Waals surface area contributed by atoms with Crippen LogP contribution in [0.1, 0.15) is 23.8 Å². The Morgan fingerprint density at radius 1 is 1.53 bits per heavy atom. The van der Waals surface area contributed by atoms with Crippen molar-refractivity contribution in [2.45, 2.75) is 13.3 Å². The molecule has 5 nitrogen and oxygen atoms in total. The highest BCUT2D eigenvalue weighted by Crippen LogP contribution is 2.14. The van der Waals surface area contributed by atoms with Gasteiger partial charge in [-0.3, -0.25) is 9.59 Å². The fraction of sp³-hybridized carbons (Fsp3) is 0.300. The van der Waals surface area contributed by atoms with E-state index in [0.29, 0.717) is 0 Å². The van der Waals surface area contributed by atoms with E-state index in [9.17, 15) is 14.7 Å². The molecule has 0 aliphatic heterocycles. The van der Waals surface area contributed by atoms with Crippen molar-refractivity contribution < 1.29 is 19.4 Å².